The molecule has 0 atom stereocenters. The number of anilines is 2. The van der Waals surface area contributed by atoms with Crippen molar-refractivity contribution in [2.75, 3.05) is 42.6 Å². The van der Waals surface area contributed by atoms with Crippen LogP contribution in [0.25, 0.3) is 0 Å². The fourth-order valence-electron chi connectivity index (χ4n) is 2.72. The average molecular weight is 315 g/mol. The Labute approximate surface area is 135 Å². The number of piperazine rings is 1. The minimum Gasteiger partial charge on any atom is -0.490 e. The van der Waals surface area contributed by atoms with Crippen molar-refractivity contribution in [1.82, 2.24) is 14.5 Å². The van der Waals surface area contributed by atoms with Crippen LogP contribution in [0.4, 0.5) is 11.6 Å². The normalized spacial score (nSPS) is 14.9. The van der Waals surface area contributed by atoms with E-state index in [1.54, 1.807) is 30.2 Å². The van der Waals surface area contributed by atoms with Crippen LogP contribution < -0.4 is 20.1 Å². The molecule has 7 heteroatoms. The second-order valence-electron chi connectivity index (χ2n) is 5.40. The summed E-state index contributed by atoms with van der Waals surface area (Å²) >= 11 is 0. The maximum atomic E-state index is 12.2. The number of hydrogen-bond acceptors (Lipinski definition) is 6. The quantitative estimate of drug-likeness (QED) is 0.835. The monoisotopic (exact) mass is 315 g/mol. The summed E-state index contributed by atoms with van der Waals surface area (Å²) in [5, 5.41) is 0. The van der Waals surface area contributed by atoms with E-state index in [1.165, 1.54) is 0 Å². The van der Waals surface area contributed by atoms with Gasteiger partial charge in [-0.2, -0.15) is 0 Å². The highest BCUT2D eigenvalue weighted by molar-refractivity contribution is 5.53. The van der Waals surface area contributed by atoms with Crippen molar-refractivity contribution in [1.29, 1.82) is 0 Å². The van der Waals surface area contributed by atoms with Crippen LogP contribution in [-0.4, -0.2) is 47.3 Å². The molecule has 3 rings (SSSR count). The summed E-state index contributed by atoms with van der Waals surface area (Å²) in [5.74, 6) is 2.18. The zero-order valence-electron chi connectivity index (χ0n) is 13.5. The molecule has 0 amide bonds. The summed E-state index contributed by atoms with van der Waals surface area (Å²) in [6.07, 6.45) is 5.11. The fraction of sp³-hybridized carbons (Fsp3) is 0.438. The molecule has 7 nitrogen and oxygen atoms in total. The van der Waals surface area contributed by atoms with E-state index in [0.29, 0.717) is 12.4 Å². The molecule has 1 aliphatic heterocycles. The second kappa shape index (κ2) is 6.68. The van der Waals surface area contributed by atoms with Crippen molar-refractivity contribution >= 4 is 11.6 Å². The van der Waals surface area contributed by atoms with Gasteiger partial charge in [-0.25, -0.2) is 9.97 Å². The van der Waals surface area contributed by atoms with Crippen LogP contribution in [0.3, 0.4) is 0 Å². The van der Waals surface area contributed by atoms with E-state index in [2.05, 4.69) is 14.9 Å². The minimum atomic E-state index is -0.0613. The summed E-state index contributed by atoms with van der Waals surface area (Å²) in [7, 11) is 1.74. The first kappa shape index (κ1) is 15.3. The third kappa shape index (κ3) is 3.13. The van der Waals surface area contributed by atoms with Crippen LogP contribution >= 0.6 is 0 Å². The van der Waals surface area contributed by atoms with Crippen molar-refractivity contribution in [3.63, 3.8) is 0 Å². The van der Waals surface area contributed by atoms with Crippen LogP contribution in [-0.2, 0) is 7.05 Å². The van der Waals surface area contributed by atoms with Gasteiger partial charge in [-0.05, 0) is 19.1 Å². The molecule has 1 fully saturated rings. The van der Waals surface area contributed by atoms with Crippen molar-refractivity contribution < 1.29 is 4.74 Å². The highest BCUT2D eigenvalue weighted by atomic mass is 16.5. The number of ether oxygens (including phenoxy) is 1. The smallest absolute Gasteiger partial charge is 0.293 e. The standard InChI is InChI=1S/C16H21N5O2/c1-3-23-13-5-4-6-17-14(13)20-9-11-21(12-10-20)15-16(22)19(2)8-7-18-15/h4-8H,3,9-12H2,1-2H3. The van der Waals surface area contributed by atoms with Crippen LogP contribution in [0.15, 0.2) is 35.5 Å². The lowest BCUT2D eigenvalue weighted by Crippen LogP contribution is -2.49. The molecule has 1 saturated heterocycles. The van der Waals surface area contributed by atoms with Gasteiger partial charge in [-0.3, -0.25) is 4.79 Å². The molecule has 23 heavy (non-hydrogen) atoms. The van der Waals surface area contributed by atoms with Crippen LogP contribution in [0, 0.1) is 0 Å². The van der Waals surface area contributed by atoms with Gasteiger partial charge in [0.2, 0.25) is 0 Å². The maximum absolute atomic E-state index is 12.2. The van der Waals surface area contributed by atoms with Crippen LogP contribution in [0.1, 0.15) is 6.92 Å². The van der Waals surface area contributed by atoms with Gasteiger partial charge < -0.3 is 19.1 Å². The van der Waals surface area contributed by atoms with Gasteiger partial charge in [0.15, 0.2) is 17.4 Å². The summed E-state index contributed by atoms with van der Waals surface area (Å²) < 4.78 is 7.21. The Hall–Kier alpha value is -2.57. The molecule has 3 heterocycles. The summed E-state index contributed by atoms with van der Waals surface area (Å²) in [4.78, 5) is 25.1. The molecular weight excluding hydrogens is 294 g/mol. The number of aryl methyl sites for hydroxylation is 1. The molecule has 0 saturated carbocycles. The zero-order chi connectivity index (χ0) is 16.2. The van der Waals surface area contributed by atoms with Gasteiger partial charge in [0, 0.05) is 51.8 Å². The molecular formula is C16H21N5O2. The first-order valence-corrected chi connectivity index (χ1v) is 7.80. The van der Waals surface area contributed by atoms with Crippen molar-refractivity contribution in [2.45, 2.75) is 6.92 Å². The Bertz CT molecular complexity index is 722. The lowest BCUT2D eigenvalue weighted by molar-refractivity contribution is 0.338. The largest absolute Gasteiger partial charge is 0.490 e. The van der Waals surface area contributed by atoms with E-state index in [1.807, 2.05) is 24.0 Å². The molecule has 0 spiro atoms. The van der Waals surface area contributed by atoms with E-state index in [0.717, 1.165) is 37.7 Å². The first-order valence-electron chi connectivity index (χ1n) is 7.80. The average Bonchev–Trinajstić information content (AvgIpc) is 2.58. The van der Waals surface area contributed by atoms with Gasteiger partial charge in [-0.15, -0.1) is 0 Å². The lowest BCUT2D eigenvalue weighted by atomic mass is 10.3. The Morgan fingerprint density at radius 2 is 1.74 bits per heavy atom. The molecule has 0 aromatic carbocycles. The highest BCUT2D eigenvalue weighted by Crippen LogP contribution is 2.26. The van der Waals surface area contributed by atoms with E-state index in [9.17, 15) is 4.79 Å². The maximum Gasteiger partial charge on any atom is 0.293 e. The molecule has 1 aliphatic rings. The summed E-state index contributed by atoms with van der Waals surface area (Å²) in [5.41, 5.74) is -0.0613. The minimum absolute atomic E-state index is 0.0613. The van der Waals surface area contributed by atoms with Crippen LogP contribution in [0.2, 0.25) is 0 Å². The zero-order valence-corrected chi connectivity index (χ0v) is 13.5. The van der Waals surface area contributed by atoms with Gasteiger partial charge in [0.25, 0.3) is 5.56 Å². The Morgan fingerprint density at radius 3 is 2.43 bits per heavy atom. The summed E-state index contributed by atoms with van der Waals surface area (Å²) in [6.45, 7) is 5.59. The Balaban J connectivity index is 1.74. The number of rotatable bonds is 4. The van der Waals surface area contributed by atoms with Crippen LogP contribution in [0.5, 0.6) is 5.75 Å². The Kier molecular flexibility index (Phi) is 4.45. The van der Waals surface area contributed by atoms with Crippen molar-refractivity contribution in [2.24, 2.45) is 7.05 Å². The first-order chi connectivity index (χ1) is 11.2. The predicted molar refractivity (Wildman–Crippen MR) is 89.3 cm³/mol. The number of nitrogens with zero attached hydrogens (tertiary/aromatic N) is 5. The lowest BCUT2D eigenvalue weighted by Gasteiger charge is -2.36. The highest BCUT2D eigenvalue weighted by Gasteiger charge is 2.23. The molecule has 0 radical (unpaired) electrons. The molecule has 0 unspecified atom stereocenters. The van der Waals surface area contributed by atoms with Gasteiger partial charge in [0.05, 0.1) is 6.61 Å². The van der Waals surface area contributed by atoms with Crippen molar-refractivity contribution in [3.05, 3.63) is 41.1 Å². The van der Waals surface area contributed by atoms with E-state index in [4.69, 9.17) is 4.74 Å². The molecule has 0 N–H and O–H groups in total. The number of aromatic nitrogens is 3. The van der Waals surface area contributed by atoms with Gasteiger partial charge in [0.1, 0.15) is 0 Å². The third-order valence-electron chi connectivity index (χ3n) is 3.93. The SMILES string of the molecule is CCOc1cccnc1N1CCN(c2nccn(C)c2=O)CC1. The van der Waals surface area contributed by atoms with Gasteiger partial charge >= 0.3 is 0 Å². The van der Waals surface area contributed by atoms with E-state index >= 15 is 0 Å². The molecule has 2 aromatic rings. The van der Waals surface area contributed by atoms with E-state index in [-0.39, 0.29) is 5.56 Å². The number of hydrogen-bond donors (Lipinski definition) is 0. The molecule has 0 aliphatic carbocycles. The number of pyridine rings is 1. The molecule has 122 valence electrons. The topological polar surface area (TPSA) is 63.5 Å². The van der Waals surface area contributed by atoms with Crippen molar-refractivity contribution in [3.8, 4) is 5.75 Å². The van der Waals surface area contributed by atoms with E-state index < -0.39 is 0 Å². The Morgan fingerprint density at radius 1 is 1.09 bits per heavy atom. The van der Waals surface area contributed by atoms with Gasteiger partial charge in [-0.1, -0.05) is 0 Å². The third-order valence-corrected chi connectivity index (χ3v) is 3.93. The second-order valence-corrected chi connectivity index (χ2v) is 5.40. The molecule has 0 bridgehead atoms. The summed E-state index contributed by atoms with van der Waals surface area (Å²) in [6, 6.07) is 3.81. The predicted octanol–water partition coefficient (Wildman–Crippen LogP) is 0.901. The molecule has 2 aromatic heterocycles. The fourth-order valence-corrected chi connectivity index (χ4v) is 2.72.